The van der Waals surface area contributed by atoms with Crippen LogP contribution in [0, 0.1) is 9.81 Å². The Morgan fingerprint density at radius 3 is 2.31 bits per heavy atom. The first kappa shape index (κ1) is 11.5. The lowest BCUT2D eigenvalue weighted by Crippen LogP contribution is -2.40. The average Bonchev–Trinajstić information content (AvgIpc) is 2.17. The zero-order chi connectivity index (χ0) is 10.3. The van der Waals surface area contributed by atoms with Crippen LogP contribution in [-0.2, 0) is 9.59 Å². The monoisotopic (exact) mass is 188 g/mol. The Hall–Kier alpha value is -1.54. The van der Waals surface area contributed by atoms with Gasteiger partial charge in [-0.2, -0.15) is 0 Å². The maximum atomic E-state index is 10.6. The maximum absolute atomic E-state index is 10.6. The van der Waals surface area contributed by atoms with E-state index in [4.69, 9.17) is 5.84 Å². The van der Waals surface area contributed by atoms with E-state index >= 15 is 0 Å². The van der Waals surface area contributed by atoms with Crippen LogP contribution >= 0.6 is 0 Å². The van der Waals surface area contributed by atoms with Gasteiger partial charge < -0.3 is 0 Å². The summed E-state index contributed by atoms with van der Waals surface area (Å²) in [6.07, 6.45) is -0.328. The third-order valence-electron chi connectivity index (χ3n) is 1.34. The van der Waals surface area contributed by atoms with Crippen LogP contribution < -0.4 is 11.3 Å². The van der Waals surface area contributed by atoms with E-state index in [-0.39, 0.29) is 12.8 Å². The van der Waals surface area contributed by atoms with Gasteiger partial charge in [-0.25, -0.2) is 5.43 Å². The summed E-state index contributed by atoms with van der Waals surface area (Å²) in [5.74, 6) is 2.97. The molecule has 0 spiro atoms. The van der Waals surface area contributed by atoms with Gasteiger partial charge >= 0.3 is 5.91 Å². The number of hydrazine groups is 1. The Morgan fingerprint density at radius 1 is 1.31 bits per heavy atom. The lowest BCUT2D eigenvalue weighted by molar-refractivity contribution is -0.120. The van der Waals surface area contributed by atoms with Crippen LogP contribution in [0.25, 0.3) is 0 Å². The van der Waals surface area contributed by atoms with Crippen molar-refractivity contribution >= 4 is 11.8 Å². The molecule has 0 aromatic heterocycles. The predicted octanol–water partition coefficient (Wildman–Crippen LogP) is -0.815. The zero-order valence-corrected chi connectivity index (χ0v) is 6.60. The summed E-state index contributed by atoms with van der Waals surface area (Å²) in [5, 5.41) is 4.21. The fraction of sp³-hybridized carbons (Fsp3) is 0.600. The molecule has 1 unspecified atom stereocenters. The van der Waals surface area contributed by atoms with Crippen molar-refractivity contribution < 1.29 is 9.59 Å². The molecule has 1 atom stereocenters. The Bertz CT molecular complexity index is 229. The fourth-order valence-electron chi connectivity index (χ4n) is 0.655. The predicted molar refractivity (Wildman–Crippen MR) is 41.9 cm³/mol. The first-order chi connectivity index (χ1) is 6.15. The summed E-state index contributed by atoms with van der Waals surface area (Å²) in [7, 11) is 0. The molecule has 0 aliphatic heterocycles. The van der Waals surface area contributed by atoms with Gasteiger partial charge in [0.25, 0.3) is 5.91 Å². The molecule has 0 aromatic carbocycles. The van der Waals surface area contributed by atoms with Crippen LogP contribution in [0.1, 0.15) is 12.8 Å². The molecule has 0 aromatic rings. The van der Waals surface area contributed by atoms with Crippen LogP contribution in [0.15, 0.2) is 10.4 Å². The molecule has 0 aliphatic carbocycles. The second kappa shape index (κ2) is 6.03. The Labute approximate surface area is 72.8 Å². The molecule has 0 saturated heterocycles. The maximum Gasteiger partial charge on any atom is 0.304 e. The standard InChI is InChI=1S/C5H8N4O4/c6-7-3(5(11)9-13)1-2-4(10)8-12/h3,7H,1-2,6H2. The van der Waals surface area contributed by atoms with Gasteiger partial charge in [-0.1, -0.05) is 0 Å². The molecule has 0 fully saturated rings. The fourth-order valence-corrected chi connectivity index (χ4v) is 0.655. The number of nitrogens with zero attached hydrogens (tertiary/aromatic N) is 2. The number of hydrogen-bond acceptors (Lipinski definition) is 6. The first-order valence-electron chi connectivity index (χ1n) is 3.35. The molecule has 0 aliphatic rings. The number of carbonyl (C=O) groups excluding carboxylic acids is 2. The molecule has 3 N–H and O–H groups in total. The smallest absolute Gasteiger partial charge is 0.271 e. The largest absolute Gasteiger partial charge is 0.304 e. The van der Waals surface area contributed by atoms with E-state index < -0.39 is 17.9 Å². The summed E-state index contributed by atoms with van der Waals surface area (Å²) < 4.78 is 0. The summed E-state index contributed by atoms with van der Waals surface area (Å²) in [4.78, 5) is 40.4. The molecule has 13 heavy (non-hydrogen) atoms. The first-order valence-corrected chi connectivity index (χ1v) is 3.35. The van der Waals surface area contributed by atoms with Crippen molar-refractivity contribution in [3.63, 3.8) is 0 Å². The van der Waals surface area contributed by atoms with E-state index in [1.165, 1.54) is 0 Å². The Kier molecular flexibility index (Phi) is 5.32. The van der Waals surface area contributed by atoms with Crippen molar-refractivity contribution in [3.05, 3.63) is 9.81 Å². The third-order valence-corrected chi connectivity index (χ3v) is 1.34. The molecule has 8 heteroatoms. The zero-order valence-electron chi connectivity index (χ0n) is 6.60. The van der Waals surface area contributed by atoms with Gasteiger partial charge in [-0.05, 0) is 6.42 Å². The summed E-state index contributed by atoms with van der Waals surface area (Å²) in [6, 6.07) is -1.04. The number of amides is 2. The average molecular weight is 188 g/mol. The molecule has 0 saturated carbocycles. The van der Waals surface area contributed by atoms with Crippen molar-refractivity contribution in [2.45, 2.75) is 18.9 Å². The highest BCUT2D eigenvalue weighted by Crippen LogP contribution is 1.99. The normalized spacial score (nSPS) is 11.8. The Balaban J connectivity index is 3.98. The van der Waals surface area contributed by atoms with E-state index in [2.05, 4.69) is 10.4 Å². The highest BCUT2D eigenvalue weighted by molar-refractivity contribution is 5.83. The van der Waals surface area contributed by atoms with Crippen LogP contribution in [-0.4, -0.2) is 17.9 Å². The van der Waals surface area contributed by atoms with Gasteiger partial charge in [0, 0.05) is 16.8 Å². The molecule has 0 heterocycles. The van der Waals surface area contributed by atoms with E-state index in [9.17, 15) is 19.4 Å². The molecular formula is C5H8N4O4. The summed E-state index contributed by atoms with van der Waals surface area (Å²) in [6.45, 7) is 0. The van der Waals surface area contributed by atoms with E-state index in [1.54, 1.807) is 0 Å². The highest BCUT2D eigenvalue weighted by atomic mass is 16.3. The quantitative estimate of drug-likeness (QED) is 0.329. The molecule has 8 nitrogen and oxygen atoms in total. The van der Waals surface area contributed by atoms with Crippen molar-refractivity contribution in [2.75, 3.05) is 0 Å². The van der Waals surface area contributed by atoms with Gasteiger partial charge in [0.1, 0.15) is 6.04 Å². The van der Waals surface area contributed by atoms with Gasteiger partial charge in [0.05, 0.1) is 0 Å². The van der Waals surface area contributed by atoms with Gasteiger partial charge in [0.2, 0.25) is 0 Å². The number of nitroso groups, excluding NO2 is 2. The second-order valence-corrected chi connectivity index (χ2v) is 2.17. The molecule has 72 valence electrons. The number of hydrogen-bond donors (Lipinski definition) is 2. The lowest BCUT2D eigenvalue weighted by Gasteiger charge is -2.07. The molecule has 0 rings (SSSR count). The number of rotatable bonds is 5. The van der Waals surface area contributed by atoms with Crippen LogP contribution in [0.5, 0.6) is 0 Å². The lowest BCUT2D eigenvalue weighted by atomic mass is 10.1. The summed E-state index contributed by atoms with van der Waals surface area (Å²) in [5.41, 5.74) is 1.99. The van der Waals surface area contributed by atoms with Crippen molar-refractivity contribution in [1.29, 1.82) is 0 Å². The van der Waals surface area contributed by atoms with Crippen LogP contribution in [0.3, 0.4) is 0 Å². The number of nitrogens with two attached hydrogens (primary N) is 1. The van der Waals surface area contributed by atoms with E-state index in [0.717, 1.165) is 0 Å². The second-order valence-electron chi connectivity index (χ2n) is 2.17. The molecular weight excluding hydrogens is 180 g/mol. The van der Waals surface area contributed by atoms with Gasteiger partial charge in [-0.3, -0.25) is 15.4 Å². The molecule has 0 radical (unpaired) electrons. The van der Waals surface area contributed by atoms with Gasteiger partial charge in [0.15, 0.2) is 0 Å². The minimum atomic E-state index is -1.04. The van der Waals surface area contributed by atoms with E-state index in [1.807, 2.05) is 5.43 Å². The SMILES string of the molecule is NNC(CCC(=O)N=O)C(=O)N=O. The third kappa shape index (κ3) is 4.13. The number of carbonyl (C=O) groups is 2. The van der Waals surface area contributed by atoms with E-state index in [0.29, 0.717) is 0 Å². The Morgan fingerprint density at radius 2 is 1.92 bits per heavy atom. The topological polar surface area (TPSA) is 131 Å². The van der Waals surface area contributed by atoms with Crippen LogP contribution in [0.4, 0.5) is 0 Å². The van der Waals surface area contributed by atoms with Gasteiger partial charge in [-0.15, -0.1) is 9.81 Å². The molecule has 2 amide bonds. The van der Waals surface area contributed by atoms with Crippen molar-refractivity contribution in [1.82, 2.24) is 5.43 Å². The minimum absolute atomic E-state index is 0.0777. The van der Waals surface area contributed by atoms with Crippen molar-refractivity contribution in [3.8, 4) is 0 Å². The van der Waals surface area contributed by atoms with Crippen molar-refractivity contribution in [2.24, 2.45) is 16.2 Å². The highest BCUT2D eigenvalue weighted by Gasteiger charge is 2.18. The van der Waals surface area contributed by atoms with Crippen LogP contribution in [0.2, 0.25) is 0 Å². The minimum Gasteiger partial charge on any atom is -0.271 e. The molecule has 0 bridgehead atoms. The number of nitrogens with one attached hydrogen (secondary N) is 1. The summed E-state index contributed by atoms with van der Waals surface area (Å²) >= 11 is 0.